The number of likely N-dealkylation sites (N-methyl/N-ethyl adjacent to an activating group) is 1. The Labute approximate surface area is 273 Å². The van der Waals surface area contributed by atoms with Crippen LogP contribution in [0.5, 0.6) is 5.75 Å². The number of fused-ring (bicyclic) bond motifs is 1. The number of carbonyl (C=O) groups excluding carboxylic acids is 1. The lowest BCUT2D eigenvalue weighted by atomic mass is 10.0. The van der Waals surface area contributed by atoms with Crippen molar-refractivity contribution in [2.24, 2.45) is 5.92 Å². The highest BCUT2D eigenvalue weighted by molar-refractivity contribution is 7.92. The summed E-state index contributed by atoms with van der Waals surface area (Å²) >= 11 is 0. The van der Waals surface area contributed by atoms with Crippen LogP contribution in [0.3, 0.4) is 0 Å². The molecular formula is C35H48N4O6S. The molecule has 46 heavy (non-hydrogen) atoms. The van der Waals surface area contributed by atoms with Gasteiger partial charge in [-0.05, 0) is 95.1 Å². The topological polar surface area (TPSA) is 121 Å². The summed E-state index contributed by atoms with van der Waals surface area (Å²) in [6.07, 6.45) is 5.73. The minimum Gasteiger partial charge on any atom is -0.490 e. The first-order valence-corrected chi connectivity index (χ1v) is 17.5. The lowest BCUT2D eigenvalue weighted by Crippen LogP contribution is -2.47. The van der Waals surface area contributed by atoms with Gasteiger partial charge in [0.25, 0.3) is 15.9 Å². The maximum absolute atomic E-state index is 14.4. The number of hydrogen-bond acceptors (Lipinski definition) is 8. The molecule has 1 amide bonds. The van der Waals surface area contributed by atoms with Gasteiger partial charge in [0, 0.05) is 50.2 Å². The Hall–Kier alpha value is -3.51. The fourth-order valence-electron chi connectivity index (χ4n) is 5.55. The number of nitrogens with one attached hydrogen (secondary N) is 1. The number of aromatic nitrogens is 1. The summed E-state index contributed by atoms with van der Waals surface area (Å²) in [5.74, 6) is -0.0549. The summed E-state index contributed by atoms with van der Waals surface area (Å²) in [5.41, 5.74) is 2.57. The summed E-state index contributed by atoms with van der Waals surface area (Å²) in [6, 6.07) is 14.8. The van der Waals surface area contributed by atoms with E-state index in [0.717, 1.165) is 36.9 Å². The van der Waals surface area contributed by atoms with E-state index in [4.69, 9.17) is 9.47 Å². The summed E-state index contributed by atoms with van der Waals surface area (Å²) in [5, 5.41) is 10.2. The molecule has 4 atom stereocenters. The van der Waals surface area contributed by atoms with Gasteiger partial charge in [0.2, 0.25) is 0 Å². The van der Waals surface area contributed by atoms with Crippen molar-refractivity contribution in [1.82, 2.24) is 14.8 Å². The highest BCUT2D eigenvalue weighted by Crippen LogP contribution is 2.29. The van der Waals surface area contributed by atoms with Gasteiger partial charge >= 0.3 is 0 Å². The third-order valence-electron chi connectivity index (χ3n) is 8.33. The second kappa shape index (κ2) is 16.4. The Morgan fingerprint density at radius 1 is 1.09 bits per heavy atom. The number of pyridine rings is 1. The van der Waals surface area contributed by atoms with E-state index >= 15 is 0 Å². The Morgan fingerprint density at radius 3 is 2.50 bits per heavy atom. The van der Waals surface area contributed by atoms with E-state index < -0.39 is 16.1 Å². The molecule has 0 aliphatic carbocycles. The zero-order valence-electron chi connectivity index (χ0n) is 27.6. The average Bonchev–Trinajstić information content (AvgIpc) is 3.03. The predicted octanol–water partition coefficient (Wildman–Crippen LogP) is 5.12. The standard InChI is InChI=1S/C35H48N4O6S/c1-25-9-12-31(13-10-25)46(42,43)37-30-11-14-33-32(20-30)35(41)39(27(3)24-40)21-26(2)34(44-19-7-6-8-28(4)45-33)23-38(5)22-29-15-17-36-18-16-29/h9-18,20,26-28,34,37,40H,6-8,19,21-24H2,1-5H3/t26-,27-,28-,34-/m1/s1. The van der Waals surface area contributed by atoms with Crippen molar-refractivity contribution in [1.29, 1.82) is 0 Å². The van der Waals surface area contributed by atoms with Gasteiger partial charge < -0.3 is 19.5 Å². The third-order valence-corrected chi connectivity index (χ3v) is 9.73. The van der Waals surface area contributed by atoms with Gasteiger partial charge in [-0.2, -0.15) is 0 Å². The zero-order valence-corrected chi connectivity index (χ0v) is 28.4. The second-order valence-electron chi connectivity index (χ2n) is 12.5. The first kappa shape index (κ1) is 35.3. The van der Waals surface area contributed by atoms with Gasteiger partial charge in [0.15, 0.2) is 0 Å². The van der Waals surface area contributed by atoms with Crippen LogP contribution >= 0.6 is 0 Å². The van der Waals surface area contributed by atoms with Crippen LogP contribution in [0.15, 0.2) is 71.9 Å². The highest BCUT2D eigenvalue weighted by atomic mass is 32.2. The maximum atomic E-state index is 14.4. The fraction of sp³-hybridized carbons (Fsp3) is 0.486. The molecule has 4 rings (SSSR count). The summed E-state index contributed by atoms with van der Waals surface area (Å²) < 4.78 is 41.8. The van der Waals surface area contributed by atoms with E-state index in [1.807, 2.05) is 26.0 Å². The minimum atomic E-state index is -3.90. The van der Waals surface area contributed by atoms with Crippen molar-refractivity contribution in [2.75, 3.05) is 38.1 Å². The van der Waals surface area contributed by atoms with E-state index in [9.17, 15) is 18.3 Å². The van der Waals surface area contributed by atoms with Gasteiger partial charge in [0.1, 0.15) is 5.75 Å². The predicted molar refractivity (Wildman–Crippen MR) is 179 cm³/mol. The van der Waals surface area contributed by atoms with Crippen molar-refractivity contribution in [3.63, 3.8) is 0 Å². The molecule has 0 saturated heterocycles. The summed E-state index contributed by atoms with van der Waals surface area (Å²) in [4.78, 5) is 22.4. The zero-order chi connectivity index (χ0) is 33.3. The number of nitrogens with zero attached hydrogens (tertiary/aromatic N) is 3. The number of amides is 1. The molecule has 1 aromatic heterocycles. The molecule has 0 unspecified atom stereocenters. The molecule has 0 spiro atoms. The van der Waals surface area contributed by atoms with Gasteiger partial charge in [-0.25, -0.2) is 8.42 Å². The van der Waals surface area contributed by atoms with E-state index in [1.54, 1.807) is 60.6 Å². The number of aliphatic hydroxyl groups excluding tert-OH is 1. The maximum Gasteiger partial charge on any atom is 0.261 e. The molecule has 3 aromatic rings. The quantitative estimate of drug-likeness (QED) is 0.327. The van der Waals surface area contributed by atoms with Crippen LogP contribution in [-0.2, 0) is 21.3 Å². The first-order valence-electron chi connectivity index (χ1n) is 16.0. The second-order valence-corrected chi connectivity index (χ2v) is 14.2. The Bertz CT molecular complexity index is 1520. The number of rotatable bonds is 9. The van der Waals surface area contributed by atoms with E-state index in [1.165, 1.54) is 6.07 Å². The molecule has 11 heteroatoms. The van der Waals surface area contributed by atoms with Crippen molar-refractivity contribution in [2.45, 2.75) is 76.6 Å². The molecule has 0 saturated carbocycles. The number of sulfonamides is 1. The molecule has 10 nitrogen and oxygen atoms in total. The molecule has 250 valence electrons. The molecule has 0 radical (unpaired) electrons. The van der Waals surface area contributed by atoms with E-state index in [0.29, 0.717) is 25.4 Å². The Balaban J connectivity index is 1.64. The Morgan fingerprint density at radius 2 is 1.80 bits per heavy atom. The number of aryl methyl sites for hydroxylation is 1. The Kier molecular flexibility index (Phi) is 12.6. The van der Waals surface area contributed by atoms with Crippen molar-refractivity contribution in [3.05, 3.63) is 83.7 Å². The number of hydrogen-bond donors (Lipinski definition) is 2. The summed E-state index contributed by atoms with van der Waals surface area (Å²) in [7, 11) is -1.85. The van der Waals surface area contributed by atoms with E-state index in [-0.39, 0.29) is 46.8 Å². The van der Waals surface area contributed by atoms with Gasteiger partial charge in [-0.3, -0.25) is 19.4 Å². The van der Waals surface area contributed by atoms with Gasteiger partial charge in [-0.1, -0.05) is 24.6 Å². The van der Waals surface area contributed by atoms with Crippen LogP contribution in [0.1, 0.15) is 61.5 Å². The SMILES string of the molecule is Cc1ccc(S(=O)(=O)Nc2ccc3c(c2)C(=O)N([C@H](C)CO)C[C@@H](C)[C@@H](CN(C)Cc2ccncc2)OCCCC[C@@H](C)O3)cc1. The monoisotopic (exact) mass is 652 g/mol. The van der Waals surface area contributed by atoms with Crippen molar-refractivity contribution >= 4 is 21.6 Å². The molecule has 2 aromatic carbocycles. The first-order chi connectivity index (χ1) is 22.0. The lowest BCUT2D eigenvalue weighted by molar-refractivity contribution is -0.0177. The molecule has 2 heterocycles. The molecule has 1 aliphatic heterocycles. The van der Waals surface area contributed by atoms with Gasteiger partial charge in [-0.15, -0.1) is 0 Å². The van der Waals surface area contributed by atoms with Crippen LogP contribution in [0.2, 0.25) is 0 Å². The van der Waals surface area contributed by atoms with Crippen LogP contribution < -0.4 is 9.46 Å². The van der Waals surface area contributed by atoms with Crippen molar-refractivity contribution in [3.8, 4) is 5.75 Å². The third kappa shape index (κ3) is 9.75. The highest BCUT2D eigenvalue weighted by Gasteiger charge is 2.30. The number of anilines is 1. The molecule has 1 aliphatic rings. The fourth-order valence-corrected chi connectivity index (χ4v) is 6.60. The van der Waals surface area contributed by atoms with Crippen LogP contribution in [-0.4, -0.2) is 85.8 Å². The normalized spacial score (nSPS) is 20.8. The lowest BCUT2D eigenvalue weighted by Gasteiger charge is -2.36. The van der Waals surface area contributed by atoms with Crippen LogP contribution in [0, 0.1) is 12.8 Å². The average molecular weight is 653 g/mol. The number of ether oxygens (including phenoxy) is 2. The van der Waals surface area contributed by atoms with Crippen LogP contribution in [0.25, 0.3) is 0 Å². The number of aliphatic hydroxyl groups is 1. The molecule has 2 N–H and O–H groups in total. The number of benzene rings is 2. The molecule has 0 bridgehead atoms. The largest absolute Gasteiger partial charge is 0.490 e. The summed E-state index contributed by atoms with van der Waals surface area (Å²) in [6.45, 7) is 9.77. The van der Waals surface area contributed by atoms with Crippen molar-refractivity contribution < 1.29 is 27.8 Å². The smallest absolute Gasteiger partial charge is 0.261 e. The molecular weight excluding hydrogens is 604 g/mol. The van der Waals surface area contributed by atoms with Gasteiger partial charge in [0.05, 0.1) is 35.3 Å². The van der Waals surface area contributed by atoms with E-state index in [2.05, 4.69) is 28.6 Å². The minimum absolute atomic E-state index is 0.0766. The van der Waals surface area contributed by atoms with Crippen LogP contribution in [0.4, 0.5) is 5.69 Å². The number of carbonyl (C=O) groups is 1. The molecule has 0 fully saturated rings.